The third-order valence-corrected chi connectivity index (χ3v) is 10.5. The molecule has 35 heavy (non-hydrogen) atoms. The highest BCUT2D eigenvalue weighted by molar-refractivity contribution is 5.93. The molecule has 6 nitrogen and oxygen atoms in total. The van der Waals surface area contributed by atoms with Crippen LogP contribution in [0.1, 0.15) is 58.8 Å². The fraction of sp³-hybridized carbons (Fsp3) is 0.586. The van der Waals surface area contributed by atoms with Crippen molar-refractivity contribution in [2.75, 3.05) is 12.4 Å². The van der Waals surface area contributed by atoms with Gasteiger partial charge < -0.3 is 10.2 Å². The molecule has 3 fully saturated rings. The summed E-state index contributed by atoms with van der Waals surface area (Å²) in [5, 5.41) is 3.13. The standard InChI is InChI=1S/C29H36N4O2/c1-28-12-10-22-20(6-9-25-29(22,2)13-11-27(35)33(25)3)21(28)7-4-18(28)16-26(34)32-19-5-8-23-24(17-19)31-15-14-30-23/h5,8,11,13-15,17-18,20-22,25H,4,6-7,9-10,12,16H2,1-3H3,(H,32,34)/t18-,20+,21+,22+,25-,28-,29-/m1/s1. The molecular formula is C29H36N4O2. The van der Waals surface area contributed by atoms with Crippen LogP contribution in [0.2, 0.25) is 0 Å². The number of hydrogen-bond donors (Lipinski definition) is 1. The number of amides is 2. The summed E-state index contributed by atoms with van der Waals surface area (Å²) in [7, 11) is 1.98. The van der Waals surface area contributed by atoms with Crippen molar-refractivity contribution in [2.45, 2.75) is 64.8 Å². The van der Waals surface area contributed by atoms with E-state index in [0.717, 1.165) is 29.6 Å². The van der Waals surface area contributed by atoms with Gasteiger partial charge in [0.15, 0.2) is 0 Å². The van der Waals surface area contributed by atoms with Crippen LogP contribution in [-0.2, 0) is 9.59 Å². The molecule has 0 saturated heterocycles. The van der Waals surface area contributed by atoms with Crippen LogP contribution in [0, 0.1) is 34.5 Å². The zero-order valence-electron chi connectivity index (χ0n) is 21.0. The maximum atomic E-state index is 13.1. The Morgan fingerprint density at radius 1 is 1.06 bits per heavy atom. The first kappa shape index (κ1) is 22.7. The quantitative estimate of drug-likeness (QED) is 0.665. The molecule has 2 heterocycles. The lowest BCUT2D eigenvalue weighted by Crippen LogP contribution is -2.59. The van der Waals surface area contributed by atoms with Crippen molar-refractivity contribution in [3.63, 3.8) is 0 Å². The van der Waals surface area contributed by atoms with Crippen molar-refractivity contribution in [3.8, 4) is 0 Å². The molecule has 1 aromatic carbocycles. The van der Waals surface area contributed by atoms with E-state index in [-0.39, 0.29) is 22.6 Å². The molecule has 4 aliphatic rings. The molecule has 6 rings (SSSR count). The lowest BCUT2D eigenvalue weighted by atomic mass is 9.47. The number of anilines is 1. The molecule has 1 aromatic heterocycles. The molecule has 6 heteroatoms. The molecule has 0 radical (unpaired) electrons. The number of nitrogens with one attached hydrogen (secondary N) is 1. The van der Waals surface area contributed by atoms with Crippen LogP contribution >= 0.6 is 0 Å². The van der Waals surface area contributed by atoms with E-state index >= 15 is 0 Å². The highest BCUT2D eigenvalue weighted by Gasteiger charge is 2.60. The van der Waals surface area contributed by atoms with Crippen LogP contribution in [0.15, 0.2) is 42.7 Å². The summed E-state index contributed by atoms with van der Waals surface area (Å²) in [6.07, 6.45) is 15.0. The largest absolute Gasteiger partial charge is 0.338 e. The number of hydrogen-bond acceptors (Lipinski definition) is 4. The maximum absolute atomic E-state index is 13.1. The topological polar surface area (TPSA) is 75.2 Å². The lowest BCUT2D eigenvalue weighted by molar-refractivity contribution is -0.139. The lowest BCUT2D eigenvalue weighted by Gasteiger charge is -2.60. The second-order valence-electron chi connectivity index (χ2n) is 11.9. The van der Waals surface area contributed by atoms with Gasteiger partial charge in [-0.25, -0.2) is 0 Å². The van der Waals surface area contributed by atoms with Crippen LogP contribution in [0.4, 0.5) is 5.69 Å². The van der Waals surface area contributed by atoms with Gasteiger partial charge in [-0.2, -0.15) is 0 Å². The van der Waals surface area contributed by atoms with E-state index in [9.17, 15) is 9.59 Å². The van der Waals surface area contributed by atoms with Crippen molar-refractivity contribution in [2.24, 2.45) is 34.5 Å². The van der Waals surface area contributed by atoms with E-state index in [1.54, 1.807) is 12.4 Å². The average Bonchev–Trinajstić information content (AvgIpc) is 3.17. The smallest absolute Gasteiger partial charge is 0.246 e. The van der Waals surface area contributed by atoms with Crippen LogP contribution in [0.5, 0.6) is 0 Å². The molecule has 2 amide bonds. The Kier molecular flexibility index (Phi) is 5.28. The molecule has 2 aromatic rings. The van der Waals surface area contributed by atoms with Crippen LogP contribution in [-0.4, -0.2) is 39.8 Å². The Balaban J connectivity index is 1.17. The first-order valence-corrected chi connectivity index (χ1v) is 13.3. The Hall–Kier alpha value is -2.76. The molecule has 0 unspecified atom stereocenters. The van der Waals surface area contributed by atoms with Gasteiger partial charge in [-0.15, -0.1) is 0 Å². The van der Waals surface area contributed by atoms with Crippen molar-refractivity contribution in [1.29, 1.82) is 0 Å². The number of rotatable bonds is 3. The number of carbonyl (C=O) groups excluding carboxylic acids is 2. The summed E-state index contributed by atoms with van der Waals surface area (Å²) in [5.41, 5.74) is 2.71. The summed E-state index contributed by atoms with van der Waals surface area (Å²) in [6.45, 7) is 4.86. The molecule has 0 bridgehead atoms. The van der Waals surface area contributed by atoms with Gasteiger partial charge in [0, 0.05) is 43.0 Å². The van der Waals surface area contributed by atoms with Crippen LogP contribution in [0.25, 0.3) is 11.0 Å². The first-order chi connectivity index (χ1) is 16.8. The maximum Gasteiger partial charge on any atom is 0.246 e. The predicted octanol–water partition coefficient (Wildman–Crippen LogP) is 5.21. The molecule has 0 spiro atoms. The van der Waals surface area contributed by atoms with Gasteiger partial charge in [-0.05, 0) is 91.9 Å². The number of nitrogens with zero attached hydrogens (tertiary/aromatic N) is 3. The summed E-state index contributed by atoms with van der Waals surface area (Å²) in [5.74, 6) is 2.66. The second kappa shape index (κ2) is 8.14. The summed E-state index contributed by atoms with van der Waals surface area (Å²) < 4.78 is 0. The van der Waals surface area contributed by atoms with Gasteiger partial charge >= 0.3 is 0 Å². The highest BCUT2D eigenvalue weighted by Crippen LogP contribution is 2.65. The minimum Gasteiger partial charge on any atom is -0.338 e. The number of likely N-dealkylation sites (N-methyl/N-ethyl adjacent to an activating group) is 1. The zero-order valence-corrected chi connectivity index (χ0v) is 21.0. The summed E-state index contributed by atoms with van der Waals surface area (Å²) in [4.78, 5) is 36.1. The van der Waals surface area contributed by atoms with Gasteiger partial charge in [0.05, 0.1) is 11.0 Å². The number of fused-ring (bicyclic) bond motifs is 6. The normalized spacial score (nSPS) is 38.1. The molecule has 1 N–H and O–H groups in total. The number of benzene rings is 1. The highest BCUT2D eigenvalue weighted by atomic mass is 16.2. The van der Waals surface area contributed by atoms with E-state index in [1.807, 2.05) is 36.2 Å². The van der Waals surface area contributed by atoms with E-state index in [2.05, 4.69) is 35.2 Å². The van der Waals surface area contributed by atoms with Gasteiger partial charge in [0.1, 0.15) is 0 Å². The van der Waals surface area contributed by atoms with Crippen LogP contribution in [0.3, 0.4) is 0 Å². The molecule has 7 atom stereocenters. The van der Waals surface area contributed by atoms with Gasteiger partial charge in [-0.3, -0.25) is 19.6 Å². The van der Waals surface area contributed by atoms with Crippen molar-refractivity contribution in [3.05, 3.63) is 42.7 Å². The SMILES string of the molecule is CN1C(=O)C=C[C@]2(C)[C@H]3CC[C@]4(C)[C@@H](CC(=O)Nc5ccc6nccnc6c5)CC[C@H]4[C@@H]3CC[C@@H]12. The number of aromatic nitrogens is 2. The summed E-state index contributed by atoms with van der Waals surface area (Å²) in [6, 6.07) is 6.05. The Morgan fingerprint density at radius 2 is 1.86 bits per heavy atom. The van der Waals surface area contributed by atoms with Crippen molar-refractivity contribution in [1.82, 2.24) is 14.9 Å². The van der Waals surface area contributed by atoms with E-state index in [0.29, 0.717) is 36.1 Å². The van der Waals surface area contributed by atoms with Crippen molar-refractivity contribution >= 4 is 28.5 Å². The number of carbonyl (C=O) groups is 2. The minimum atomic E-state index is 0.0708. The fourth-order valence-corrected chi connectivity index (χ4v) is 8.66. The molecule has 1 aliphatic heterocycles. The van der Waals surface area contributed by atoms with Gasteiger partial charge in [0.2, 0.25) is 11.8 Å². The molecule has 184 valence electrons. The zero-order chi connectivity index (χ0) is 24.4. The van der Waals surface area contributed by atoms with E-state index < -0.39 is 0 Å². The van der Waals surface area contributed by atoms with Gasteiger partial charge in [0.25, 0.3) is 0 Å². The van der Waals surface area contributed by atoms with Gasteiger partial charge in [-0.1, -0.05) is 19.9 Å². The van der Waals surface area contributed by atoms with E-state index in [1.165, 1.54) is 25.7 Å². The minimum absolute atomic E-state index is 0.0708. The molecule has 3 saturated carbocycles. The molecular weight excluding hydrogens is 436 g/mol. The second-order valence-corrected chi connectivity index (χ2v) is 11.9. The molecule has 3 aliphatic carbocycles. The van der Waals surface area contributed by atoms with E-state index in [4.69, 9.17) is 0 Å². The first-order valence-electron chi connectivity index (χ1n) is 13.3. The summed E-state index contributed by atoms with van der Waals surface area (Å²) >= 11 is 0. The Labute approximate surface area is 207 Å². The average molecular weight is 473 g/mol. The third-order valence-electron chi connectivity index (χ3n) is 10.5. The Morgan fingerprint density at radius 3 is 2.69 bits per heavy atom. The third kappa shape index (κ3) is 3.51. The predicted molar refractivity (Wildman–Crippen MR) is 136 cm³/mol. The fourth-order valence-electron chi connectivity index (χ4n) is 8.66. The van der Waals surface area contributed by atoms with Crippen LogP contribution < -0.4 is 5.32 Å². The monoisotopic (exact) mass is 472 g/mol. The van der Waals surface area contributed by atoms with Crippen molar-refractivity contribution < 1.29 is 9.59 Å². The Bertz CT molecular complexity index is 1210.